The zero-order chi connectivity index (χ0) is 22.7. The third kappa shape index (κ3) is 4.97. The third-order valence-corrected chi connectivity index (χ3v) is 7.96. The first-order chi connectivity index (χ1) is 16.1. The number of nitrogens with zero attached hydrogens (tertiary/aromatic N) is 4. The summed E-state index contributed by atoms with van der Waals surface area (Å²) in [7, 11) is -3.71. The van der Waals surface area contributed by atoms with Crippen LogP contribution in [-0.4, -0.2) is 46.8 Å². The van der Waals surface area contributed by atoms with Crippen molar-refractivity contribution in [1.82, 2.24) is 19.9 Å². The Kier molecular flexibility index (Phi) is 6.21. The molecule has 33 heavy (non-hydrogen) atoms. The Morgan fingerprint density at radius 3 is 2.64 bits per heavy atom. The zero-order valence-corrected chi connectivity index (χ0v) is 19.2. The van der Waals surface area contributed by atoms with Crippen LogP contribution >= 0.6 is 11.8 Å². The standard InChI is InChI=1S/C23H21N5O3S2/c29-33(30,19-4-2-1-3-5-19)28-17-12-16(13-24-14-17)20-6-7-21-22(27-20)23(26-15-25-21)32-18-8-10-31-11-9-18/h1-7,12-15,18,28H,8-11H2. The summed E-state index contributed by atoms with van der Waals surface area (Å²) in [6, 6.07) is 13.7. The number of ether oxygens (including phenoxy) is 1. The van der Waals surface area contributed by atoms with Gasteiger partial charge in [-0.3, -0.25) is 9.71 Å². The van der Waals surface area contributed by atoms with Crippen LogP contribution < -0.4 is 4.72 Å². The SMILES string of the molecule is O=S(=O)(Nc1cncc(-c2ccc3ncnc(SC4CCOCC4)c3n2)c1)c1ccccc1. The minimum Gasteiger partial charge on any atom is -0.381 e. The van der Waals surface area contributed by atoms with E-state index in [1.807, 2.05) is 12.1 Å². The predicted octanol–water partition coefficient (Wildman–Crippen LogP) is 4.16. The zero-order valence-electron chi connectivity index (χ0n) is 17.6. The maximum absolute atomic E-state index is 12.7. The molecular weight excluding hydrogens is 458 g/mol. The summed E-state index contributed by atoms with van der Waals surface area (Å²) in [6.45, 7) is 1.52. The number of thioether (sulfide) groups is 1. The minimum absolute atomic E-state index is 0.186. The van der Waals surface area contributed by atoms with Crippen molar-refractivity contribution in [2.24, 2.45) is 0 Å². The number of nitrogens with one attached hydrogen (secondary N) is 1. The fourth-order valence-corrected chi connectivity index (χ4v) is 5.74. The Morgan fingerprint density at radius 1 is 1.00 bits per heavy atom. The van der Waals surface area contributed by atoms with Gasteiger partial charge in [0, 0.05) is 30.2 Å². The van der Waals surface area contributed by atoms with Crippen molar-refractivity contribution >= 4 is 38.5 Å². The molecule has 168 valence electrons. The molecular formula is C23H21N5O3S2. The molecule has 1 saturated heterocycles. The van der Waals surface area contributed by atoms with Crippen LogP contribution in [0, 0.1) is 0 Å². The number of aromatic nitrogens is 4. The molecule has 0 bridgehead atoms. The monoisotopic (exact) mass is 479 g/mol. The highest BCUT2D eigenvalue weighted by molar-refractivity contribution is 8.00. The summed E-state index contributed by atoms with van der Waals surface area (Å²) in [4.78, 5) is 18.0. The molecule has 0 radical (unpaired) electrons. The van der Waals surface area contributed by atoms with Crippen LogP contribution in [0.2, 0.25) is 0 Å². The number of sulfonamides is 1. The Hall–Kier alpha value is -3.08. The molecule has 10 heteroatoms. The number of rotatable bonds is 6. The summed E-state index contributed by atoms with van der Waals surface area (Å²) in [5.74, 6) is 0. The normalized spacial score (nSPS) is 14.9. The van der Waals surface area contributed by atoms with Gasteiger partial charge in [-0.05, 0) is 43.2 Å². The van der Waals surface area contributed by atoms with E-state index in [0.717, 1.165) is 42.1 Å². The molecule has 8 nitrogen and oxygen atoms in total. The number of pyridine rings is 2. The van der Waals surface area contributed by atoms with E-state index in [0.29, 0.717) is 22.2 Å². The first-order valence-corrected chi connectivity index (χ1v) is 12.8. The summed E-state index contributed by atoms with van der Waals surface area (Å²) < 4.78 is 33.4. The van der Waals surface area contributed by atoms with Gasteiger partial charge in [0.25, 0.3) is 10.0 Å². The van der Waals surface area contributed by atoms with Gasteiger partial charge in [0.2, 0.25) is 0 Å². The molecule has 0 unspecified atom stereocenters. The van der Waals surface area contributed by atoms with Crippen molar-refractivity contribution in [3.63, 3.8) is 0 Å². The molecule has 1 aliphatic heterocycles. The lowest BCUT2D eigenvalue weighted by atomic mass is 10.1. The molecule has 0 spiro atoms. The Balaban J connectivity index is 1.45. The molecule has 3 aromatic heterocycles. The van der Waals surface area contributed by atoms with Crippen LogP contribution in [0.15, 0.2) is 77.2 Å². The number of hydrogen-bond acceptors (Lipinski definition) is 8. The van der Waals surface area contributed by atoms with E-state index in [-0.39, 0.29) is 4.90 Å². The maximum Gasteiger partial charge on any atom is 0.261 e. The number of fused-ring (bicyclic) bond motifs is 1. The highest BCUT2D eigenvalue weighted by atomic mass is 32.2. The summed E-state index contributed by atoms with van der Waals surface area (Å²) in [5.41, 5.74) is 3.20. The fourth-order valence-electron chi connectivity index (χ4n) is 3.57. The van der Waals surface area contributed by atoms with E-state index in [1.54, 1.807) is 60.7 Å². The first kappa shape index (κ1) is 21.7. The van der Waals surface area contributed by atoms with Gasteiger partial charge < -0.3 is 4.74 Å². The van der Waals surface area contributed by atoms with Crippen LogP contribution in [0.25, 0.3) is 22.3 Å². The predicted molar refractivity (Wildman–Crippen MR) is 128 cm³/mol. The van der Waals surface area contributed by atoms with Crippen molar-refractivity contribution < 1.29 is 13.2 Å². The largest absolute Gasteiger partial charge is 0.381 e. The summed E-state index contributed by atoms with van der Waals surface area (Å²) in [5, 5.41) is 1.27. The molecule has 1 N–H and O–H groups in total. The quantitative estimate of drug-likeness (QED) is 0.411. The molecule has 0 atom stereocenters. The van der Waals surface area contributed by atoms with E-state index in [2.05, 4.69) is 19.7 Å². The highest BCUT2D eigenvalue weighted by Crippen LogP contribution is 2.33. The second kappa shape index (κ2) is 9.42. The van der Waals surface area contributed by atoms with E-state index >= 15 is 0 Å². The van der Waals surface area contributed by atoms with Gasteiger partial charge in [0.05, 0.1) is 28.0 Å². The number of hydrogen-bond donors (Lipinski definition) is 1. The average Bonchev–Trinajstić information content (AvgIpc) is 2.85. The van der Waals surface area contributed by atoms with Gasteiger partial charge >= 0.3 is 0 Å². The van der Waals surface area contributed by atoms with Crippen molar-refractivity contribution in [2.45, 2.75) is 28.0 Å². The van der Waals surface area contributed by atoms with E-state index in [9.17, 15) is 8.42 Å². The third-order valence-electron chi connectivity index (χ3n) is 5.23. The molecule has 4 heterocycles. The molecule has 1 fully saturated rings. The second-order valence-corrected chi connectivity index (χ2v) is 10.5. The van der Waals surface area contributed by atoms with Crippen LogP contribution in [0.1, 0.15) is 12.8 Å². The molecule has 1 aromatic carbocycles. The van der Waals surface area contributed by atoms with Crippen molar-refractivity contribution in [3.05, 3.63) is 67.3 Å². The molecule has 0 saturated carbocycles. The smallest absolute Gasteiger partial charge is 0.261 e. The van der Waals surface area contributed by atoms with Gasteiger partial charge in [0.15, 0.2) is 0 Å². The van der Waals surface area contributed by atoms with Gasteiger partial charge in [-0.25, -0.2) is 23.4 Å². The van der Waals surface area contributed by atoms with Gasteiger partial charge in [-0.2, -0.15) is 0 Å². The van der Waals surface area contributed by atoms with Crippen LogP contribution in [0.4, 0.5) is 5.69 Å². The maximum atomic E-state index is 12.7. The first-order valence-electron chi connectivity index (χ1n) is 10.5. The lowest BCUT2D eigenvalue weighted by Gasteiger charge is -2.21. The Morgan fingerprint density at radius 2 is 1.82 bits per heavy atom. The lowest BCUT2D eigenvalue weighted by Crippen LogP contribution is -2.17. The average molecular weight is 480 g/mol. The minimum atomic E-state index is -3.71. The summed E-state index contributed by atoms with van der Waals surface area (Å²) in [6.07, 6.45) is 6.64. The highest BCUT2D eigenvalue weighted by Gasteiger charge is 2.19. The van der Waals surface area contributed by atoms with Gasteiger partial charge in [0.1, 0.15) is 16.9 Å². The molecule has 0 aliphatic carbocycles. The van der Waals surface area contributed by atoms with Crippen LogP contribution in [-0.2, 0) is 14.8 Å². The fraction of sp³-hybridized carbons (Fsp3) is 0.217. The molecule has 0 amide bonds. The van der Waals surface area contributed by atoms with E-state index < -0.39 is 10.0 Å². The van der Waals surface area contributed by atoms with Crippen LogP contribution in [0.5, 0.6) is 0 Å². The van der Waals surface area contributed by atoms with Crippen molar-refractivity contribution in [1.29, 1.82) is 0 Å². The number of benzene rings is 1. The van der Waals surface area contributed by atoms with Crippen molar-refractivity contribution in [2.75, 3.05) is 17.9 Å². The lowest BCUT2D eigenvalue weighted by molar-refractivity contribution is 0.1000. The van der Waals surface area contributed by atoms with Crippen molar-refractivity contribution in [3.8, 4) is 11.3 Å². The molecule has 1 aliphatic rings. The second-order valence-electron chi connectivity index (χ2n) is 7.55. The van der Waals surface area contributed by atoms with Crippen LogP contribution in [0.3, 0.4) is 0 Å². The van der Waals surface area contributed by atoms with Gasteiger partial charge in [-0.1, -0.05) is 18.2 Å². The molecule has 4 aromatic rings. The Bertz CT molecular complexity index is 1380. The molecule has 5 rings (SSSR count). The van der Waals surface area contributed by atoms with E-state index in [4.69, 9.17) is 9.72 Å². The Labute approximate surface area is 195 Å². The summed E-state index contributed by atoms with van der Waals surface area (Å²) >= 11 is 1.71. The number of anilines is 1. The van der Waals surface area contributed by atoms with Gasteiger partial charge in [-0.15, -0.1) is 11.8 Å². The van der Waals surface area contributed by atoms with E-state index in [1.165, 1.54) is 6.20 Å². The topological polar surface area (TPSA) is 107 Å².